The molecule has 0 aliphatic carbocycles. The fourth-order valence-electron chi connectivity index (χ4n) is 4.18. The average Bonchev–Trinajstić information content (AvgIpc) is 3.05. The van der Waals surface area contributed by atoms with Crippen LogP contribution in [-0.2, 0) is 0 Å². The number of benzene rings is 6. The van der Waals surface area contributed by atoms with Crippen molar-refractivity contribution in [3.05, 3.63) is 164 Å². The van der Waals surface area contributed by atoms with E-state index in [9.17, 15) is 0 Å². The normalized spacial score (nSPS) is 10.5. The maximum atomic E-state index is 6.24. The maximum absolute atomic E-state index is 6.24. The standard InChI is InChI=1S/C36H30N3O3P/c1-4-10-28(11-5-1)37-31-16-22-34(23-17-31)40-43(41-35-24-18-32(19-25-35)38-29-12-6-2-7-13-29)42-36-26-20-33(21-27-36)39-30-14-8-3-9-15-30/h1-27,37-39H. The molecule has 0 spiro atoms. The zero-order chi connectivity index (χ0) is 29.1. The Balaban J connectivity index is 1.15. The molecular weight excluding hydrogens is 553 g/mol. The van der Waals surface area contributed by atoms with Gasteiger partial charge in [0.15, 0.2) is 0 Å². The van der Waals surface area contributed by atoms with Crippen LogP contribution < -0.4 is 29.5 Å². The van der Waals surface area contributed by atoms with E-state index in [1.54, 1.807) is 0 Å². The molecule has 6 nitrogen and oxygen atoms in total. The summed E-state index contributed by atoms with van der Waals surface area (Å²) in [7, 11) is -1.82. The first kappa shape index (κ1) is 27.7. The molecule has 6 rings (SSSR count). The first-order chi connectivity index (χ1) is 21.2. The predicted molar refractivity (Wildman–Crippen MR) is 177 cm³/mol. The summed E-state index contributed by atoms with van der Waals surface area (Å²) < 4.78 is 18.7. The Morgan fingerprint density at radius 2 is 0.512 bits per heavy atom. The van der Waals surface area contributed by atoms with Gasteiger partial charge >= 0.3 is 8.60 Å². The summed E-state index contributed by atoms with van der Waals surface area (Å²) in [6, 6.07) is 53.2. The summed E-state index contributed by atoms with van der Waals surface area (Å²) in [6.07, 6.45) is 0. The summed E-state index contributed by atoms with van der Waals surface area (Å²) in [4.78, 5) is 0. The van der Waals surface area contributed by atoms with Crippen LogP contribution in [0.2, 0.25) is 0 Å². The molecule has 0 radical (unpaired) electrons. The Labute approximate surface area is 252 Å². The van der Waals surface area contributed by atoms with Crippen LogP contribution in [0.4, 0.5) is 34.1 Å². The van der Waals surface area contributed by atoms with E-state index in [-0.39, 0.29) is 0 Å². The van der Waals surface area contributed by atoms with Gasteiger partial charge in [0.2, 0.25) is 0 Å². The van der Waals surface area contributed by atoms with E-state index in [1.807, 2.05) is 164 Å². The molecule has 3 N–H and O–H groups in total. The monoisotopic (exact) mass is 583 g/mol. The van der Waals surface area contributed by atoms with E-state index < -0.39 is 8.60 Å². The van der Waals surface area contributed by atoms with Gasteiger partial charge in [0.05, 0.1) is 0 Å². The fourth-order valence-corrected chi connectivity index (χ4v) is 5.17. The number of nitrogens with one attached hydrogen (secondary N) is 3. The van der Waals surface area contributed by atoms with Gasteiger partial charge in [-0.05, 0) is 109 Å². The predicted octanol–water partition coefficient (Wildman–Crippen LogP) is 10.7. The highest BCUT2D eigenvalue weighted by molar-refractivity contribution is 7.43. The second kappa shape index (κ2) is 13.9. The molecule has 0 amide bonds. The minimum absolute atomic E-state index is 0.634. The molecule has 0 unspecified atom stereocenters. The van der Waals surface area contributed by atoms with Crippen LogP contribution in [0, 0.1) is 0 Å². The second-order valence-electron chi connectivity index (χ2n) is 9.54. The highest BCUT2D eigenvalue weighted by atomic mass is 31.2. The number of rotatable bonds is 12. The smallest absolute Gasteiger partial charge is 0.409 e. The number of para-hydroxylation sites is 3. The topological polar surface area (TPSA) is 63.8 Å². The summed E-state index contributed by atoms with van der Waals surface area (Å²) >= 11 is 0. The van der Waals surface area contributed by atoms with E-state index in [2.05, 4.69) is 16.0 Å². The quantitative estimate of drug-likeness (QED) is 0.125. The van der Waals surface area contributed by atoms with Gasteiger partial charge in [-0.2, -0.15) is 0 Å². The molecule has 0 heterocycles. The molecule has 0 aliphatic heterocycles. The van der Waals surface area contributed by atoms with Crippen LogP contribution in [-0.4, -0.2) is 0 Å². The third-order valence-corrected chi connectivity index (χ3v) is 7.37. The van der Waals surface area contributed by atoms with E-state index in [1.165, 1.54) is 0 Å². The second-order valence-corrected chi connectivity index (χ2v) is 10.5. The van der Waals surface area contributed by atoms with Crippen LogP contribution in [0.5, 0.6) is 17.2 Å². The minimum Gasteiger partial charge on any atom is -0.409 e. The van der Waals surface area contributed by atoms with Gasteiger partial charge < -0.3 is 29.5 Å². The van der Waals surface area contributed by atoms with Gasteiger partial charge in [-0.15, -0.1) is 0 Å². The largest absolute Gasteiger partial charge is 0.530 e. The Kier molecular flexibility index (Phi) is 8.99. The highest BCUT2D eigenvalue weighted by Crippen LogP contribution is 2.43. The van der Waals surface area contributed by atoms with E-state index in [0.717, 1.165) is 34.1 Å². The van der Waals surface area contributed by atoms with E-state index >= 15 is 0 Å². The van der Waals surface area contributed by atoms with Gasteiger partial charge in [-0.3, -0.25) is 0 Å². The number of hydrogen-bond acceptors (Lipinski definition) is 6. The van der Waals surface area contributed by atoms with Gasteiger partial charge in [-0.1, -0.05) is 54.6 Å². The van der Waals surface area contributed by atoms with Crippen LogP contribution in [0.1, 0.15) is 0 Å². The molecule has 43 heavy (non-hydrogen) atoms. The lowest BCUT2D eigenvalue weighted by atomic mass is 10.2. The molecule has 0 aromatic heterocycles. The van der Waals surface area contributed by atoms with Crippen molar-refractivity contribution in [2.75, 3.05) is 16.0 Å². The van der Waals surface area contributed by atoms with Crippen LogP contribution in [0.15, 0.2) is 164 Å². The first-order valence-corrected chi connectivity index (χ1v) is 15.0. The zero-order valence-corrected chi connectivity index (χ0v) is 24.2. The average molecular weight is 584 g/mol. The SMILES string of the molecule is c1ccc(Nc2ccc(OP(Oc3ccc(Nc4ccccc4)cc3)Oc3ccc(Nc4ccccc4)cc3)cc2)cc1. The molecule has 6 aromatic carbocycles. The third-order valence-electron chi connectivity index (χ3n) is 6.29. The summed E-state index contributed by atoms with van der Waals surface area (Å²) in [5, 5.41) is 10.2. The lowest BCUT2D eigenvalue weighted by molar-refractivity contribution is 0.388. The van der Waals surface area contributed by atoms with Crippen LogP contribution in [0.3, 0.4) is 0 Å². The van der Waals surface area contributed by atoms with Crippen molar-refractivity contribution in [1.82, 2.24) is 0 Å². The van der Waals surface area contributed by atoms with E-state index in [4.69, 9.17) is 13.6 Å². The summed E-state index contributed by atoms with van der Waals surface area (Å²) in [5.74, 6) is 1.90. The van der Waals surface area contributed by atoms with Crippen molar-refractivity contribution >= 4 is 42.7 Å². The lowest BCUT2D eigenvalue weighted by Gasteiger charge is -2.19. The highest BCUT2D eigenvalue weighted by Gasteiger charge is 2.20. The molecular formula is C36H30N3O3P. The van der Waals surface area contributed by atoms with Crippen LogP contribution in [0.25, 0.3) is 0 Å². The molecule has 0 bridgehead atoms. The molecule has 7 heteroatoms. The van der Waals surface area contributed by atoms with Gasteiger partial charge in [0.1, 0.15) is 17.2 Å². The number of hydrogen-bond donors (Lipinski definition) is 3. The minimum atomic E-state index is -1.82. The molecule has 0 saturated carbocycles. The van der Waals surface area contributed by atoms with Crippen molar-refractivity contribution in [2.24, 2.45) is 0 Å². The molecule has 0 fully saturated rings. The van der Waals surface area contributed by atoms with Crippen molar-refractivity contribution in [3.63, 3.8) is 0 Å². The molecule has 212 valence electrons. The summed E-state index contributed by atoms with van der Waals surface area (Å²) in [5.41, 5.74) is 5.90. The van der Waals surface area contributed by atoms with Gasteiger partial charge in [0.25, 0.3) is 0 Å². The van der Waals surface area contributed by atoms with Gasteiger partial charge in [0, 0.05) is 34.1 Å². The number of anilines is 6. The maximum Gasteiger partial charge on any atom is 0.530 e. The molecule has 0 saturated heterocycles. The van der Waals surface area contributed by atoms with Crippen LogP contribution >= 0.6 is 8.60 Å². The lowest BCUT2D eigenvalue weighted by Crippen LogP contribution is -2.03. The molecule has 0 atom stereocenters. The summed E-state index contributed by atoms with van der Waals surface area (Å²) in [6.45, 7) is 0. The van der Waals surface area contributed by atoms with Crippen molar-refractivity contribution < 1.29 is 13.6 Å². The Morgan fingerprint density at radius 1 is 0.279 bits per heavy atom. The molecule has 0 aliphatic rings. The Morgan fingerprint density at radius 3 is 0.767 bits per heavy atom. The third kappa shape index (κ3) is 8.29. The van der Waals surface area contributed by atoms with E-state index in [0.29, 0.717) is 17.2 Å². The van der Waals surface area contributed by atoms with Crippen molar-refractivity contribution in [2.45, 2.75) is 0 Å². The first-order valence-electron chi connectivity index (χ1n) is 13.9. The Hall–Kier alpha value is -5.45. The van der Waals surface area contributed by atoms with Gasteiger partial charge in [-0.25, -0.2) is 0 Å². The van der Waals surface area contributed by atoms with Crippen molar-refractivity contribution in [3.8, 4) is 17.2 Å². The zero-order valence-electron chi connectivity index (χ0n) is 23.3. The molecule has 6 aromatic rings. The fraction of sp³-hybridized carbons (Fsp3) is 0. The van der Waals surface area contributed by atoms with Crippen molar-refractivity contribution in [1.29, 1.82) is 0 Å². The Bertz CT molecular complexity index is 1480.